The zero-order chi connectivity index (χ0) is 6.85. The van der Waals surface area contributed by atoms with Crippen molar-refractivity contribution in [2.24, 2.45) is 0 Å². The number of ether oxygens (including phenoxy) is 2. The summed E-state index contributed by atoms with van der Waals surface area (Å²) in [5, 5.41) is 8.17. The lowest BCUT2D eigenvalue weighted by atomic mass is 10.4. The minimum Gasteiger partial charge on any atom is -0.478 e. The van der Waals surface area contributed by atoms with Gasteiger partial charge in [0.15, 0.2) is 0 Å². The van der Waals surface area contributed by atoms with E-state index in [1.807, 2.05) is 0 Å². The lowest BCUT2D eigenvalue weighted by Gasteiger charge is -1.94. The fraction of sp³-hybridized carbons (Fsp3) is 0.500. The first kappa shape index (κ1) is 5.87. The Labute approximate surface area is 50.2 Å². The van der Waals surface area contributed by atoms with Gasteiger partial charge in [0.25, 0.3) is 0 Å². The highest BCUT2D eigenvalue weighted by Gasteiger charge is 2.30. The van der Waals surface area contributed by atoms with Crippen molar-refractivity contribution in [2.75, 3.05) is 6.61 Å². The van der Waals surface area contributed by atoms with Crippen molar-refractivity contribution < 1.29 is 24.2 Å². The molecule has 5 nitrogen and oxygen atoms in total. The van der Waals surface area contributed by atoms with Crippen molar-refractivity contribution in [3.63, 3.8) is 0 Å². The van der Waals surface area contributed by atoms with E-state index in [0.717, 1.165) is 0 Å². The normalized spacial score (nSPS) is 24.9. The molecule has 0 aromatic carbocycles. The lowest BCUT2D eigenvalue weighted by Crippen LogP contribution is -2.21. The molecule has 0 unspecified atom stereocenters. The largest absolute Gasteiger partial charge is 0.509 e. The maximum atomic E-state index is 10.1. The van der Waals surface area contributed by atoms with Crippen LogP contribution < -0.4 is 0 Å². The van der Waals surface area contributed by atoms with E-state index >= 15 is 0 Å². The molecular formula is C4H4O5. The third-order valence-corrected chi connectivity index (χ3v) is 0.866. The molecule has 1 heterocycles. The number of carbonyl (C=O) groups excluding carboxylic acids is 1. The van der Waals surface area contributed by atoms with E-state index in [9.17, 15) is 9.59 Å². The Hall–Kier alpha value is -1.26. The number of carbonyl (C=O) groups is 2. The maximum Gasteiger partial charge on any atom is 0.509 e. The molecule has 1 rings (SSSR count). The summed E-state index contributed by atoms with van der Waals surface area (Å²) in [6.07, 6.45) is -2.03. The number of hydrogen-bond acceptors (Lipinski definition) is 4. The zero-order valence-electron chi connectivity index (χ0n) is 4.36. The Balaban J connectivity index is 2.48. The van der Waals surface area contributed by atoms with Crippen molar-refractivity contribution in [1.29, 1.82) is 0 Å². The number of carboxylic acids is 1. The Kier molecular flexibility index (Phi) is 1.26. The van der Waals surface area contributed by atoms with Crippen LogP contribution in [0.1, 0.15) is 0 Å². The van der Waals surface area contributed by atoms with Crippen LogP contribution in [0.5, 0.6) is 0 Å². The molecule has 0 spiro atoms. The number of aliphatic carboxylic acids is 1. The first-order valence-corrected chi connectivity index (χ1v) is 2.26. The van der Waals surface area contributed by atoms with Crippen LogP contribution in [0.15, 0.2) is 0 Å². The molecule has 1 saturated heterocycles. The van der Waals surface area contributed by atoms with Crippen molar-refractivity contribution in [3.05, 3.63) is 0 Å². The predicted molar refractivity (Wildman–Crippen MR) is 23.9 cm³/mol. The summed E-state index contributed by atoms with van der Waals surface area (Å²) >= 11 is 0. The second kappa shape index (κ2) is 1.93. The summed E-state index contributed by atoms with van der Waals surface area (Å²) < 4.78 is 8.35. The average molecular weight is 132 g/mol. The molecule has 9 heavy (non-hydrogen) atoms. The van der Waals surface area contributed by atoms with Gasteiger partial charge in [0, 0.05) is 0 Å². The van der Waals surface area contributed by atoms with Gasteiger partial charge in [0.2, 0.25) is 6.10 Å². The van der Waals surface area contributed by atoms with Crippen molar-refractivity contribution in [1.82, 2.24) is 0 Å². The topological polar surface area (TPSA) is 72.8 Å². The second-order valence-electron chi connectivity index (χ2n) is 1.51. The van der Waals surface area contributed by atoms with Gasteiger partial charge < -0.3 is 14.6 Å². The molecule has 0 bridgehead atoms. The van der Waals surface area contributed by atoms with E-state index in [4.69, 9.17) is 5.11 Å². The first-order valence-electron chi connectivity index (χ1n) is 2.26. The van der Waals surface area contributed by atoms with E-state index in [2.05, 4.69) is 9.47 Å². The number of cyclic esters (lactones) is 2. The van der Waals surface area contributed by atoms with Gasteiger partial charge in [-0.15, -0.1) is 0 Å². The quantitative estimate of drug-likeness (QED) is 0.491. The van der Waals surface area contributed by atoms with E-state index < -0.39 is 18.2 Å². The molecular weight excluding hydrogens is 128 g/mol. The minimum absolute atomic E-state index is 0.186. The van der Waals surface area contributed by atoms with E-state index in [0.29, 0.717) is 0 Å². The van der Waals surface area contributed by atoms with Gasteiger partial charge in [-0.25, -0.2) is 9.59 Å². The van der Waals surface area contributed by atoms with Crippen LogP contribution in [0.4, 0.5) is 4.79 Å². The van der Waals surface area contributed by atoms with E-state index in [1.165, 1.54) is 0 Å². The van der Waals surface area contributed by atoms with Crippen LogP contribution in [0.3, 0.4) is 0 Å². The second-order valence-corrected chi connectivity index (χ2v) is 1.51. The van der Waals surface area contributed by atoms with Gasteiger partial charge in [-0.3, -0.25) is 0 Å². The van der Waals surface area contributed by atoms with Crippen LogP contribution >= 0.6 is 0 Å². The third kappa shape index (κ3) is 1.10. The zero-order valence-corrected chi connectivity index (χ0v) is 4.36. The van der Waals surface area contributed by atoms with E-state index in [-0.39, 0.29) is 6.61 Å². The van der Waals surface area contributed by atoms with Gasteiger partial charge in [0.05, 0.1) is 0 Å². The van der Waals surface area contributed by atoms with Crippen LogP contribution in [-0.2, 0) is 14.3 Å². The fourth-order valence-electron chi connectivity index (χ4n) is 0.450. The van der Waals surface area contributed by atoms with Gasteiger partial charge in [-0.2, -0.15) is 0 Å². The standard InChI is InChI=1S/C4H4O5/c5-3(6)2-1-8-4(7)9-2/h2H,1H2,(H,5,6)/t2-/m1/s1. The molecule has 0 aromatic rings. The number of carboxylic acid groups (broad SMARTS) is 1. The molecule has 1 aliphatic rings. The third-order valence-electron chi connectivity index (χ3n) is 0.866. The summed E-state index contributed by atoms with van der Waals surface area (Å²) in [5.74, 6) is -1.18. The number of hydrogen-bond donors (Lipinski definition) is 1. The van der Waals surface area contributed by atoms with Crippen molar-refractivity contribution >= 4 is 12.1 Å². The highest BCUT2D eigenvalue weighted by molar-refractivity contribution is 5.77. The van der Waals surface area contributed by atoms with Crippen molar-refractivity contribution in [3.8, 4) is 0 Å². The summed E-state index contributed by atoms with van der Waals surface area (Å²) in [4.78, 5) is 20.0. The highest BCUT2D eigenvalue weighted by Crippen LogP contribution is 2.04. The average Bonchev–Trinajstić information content (AvgIpc) is 2.14. The molecule has 1 fully saturated rings. The monoisotopic (exact) mass is 132 g/mol. The molecule has 0 amide bonds. The van der Waals surface area contributed by atoms with Gasteiger partial charge in [0.1, 0.15) is 6.61 Å². The van der Waals surface area contributed by atoms with Crippen LogP contribution in [0.25, 0.3) is 0 Å². The molecule has 50 valence electrons. The SMILES string of the molecule is O=C1OC[C@H](C(=O)O)O1. The molecule has 0 aromatic heterocycles. The van der Waals surface area contributed by atoms with Crippen LogP contribution in [0.2, 0.25) is 0 Å². The maximum absolute atomic E-state index is 10.1. The summed E-state index contributed by atoms with van der Waals surface area (Å²) in [6, 6.07) is 0. The lowest BCUT2D eigenvalue weighted by molar-refractivity contribution is -0.144. The molecule has 1 aliphatic heterocycles. The summed E-state index contributed by atoms with van der Waals surface area (Å²) in [7, 11) is 0. The molecule has 1 N–H and O–H groups in total. The Morgan fingerprint density at radius 2 is 2.44 bits per heavy atom. The van der Waals surface area contributed by atoms with Crippen molar-refractivity contribution in [2.45, 2.75) is 6.10 Å². The summed E-state index contributed by atoms with van der Waals surface area (Å²) in [5.41, 5.74) is 0. The minimum atomic E-state index is -1.18. The smallest absolute Gasteiger partial charge is 0.478 e. The molecule has 0 saturated carbocycles. The van der Waals surface area contributed by atoms with Gasteiger partial charge in [-0.05, 0) is 0 Å². The highest BCUT2D eigenvalue weighted by atomic mass is 16.8. The van der Waals surface area contributed by atoms with Gasteiger partial charge >= 0.3 is 12.1 Å². The first-order chi connectivity index (χ1) is 4.20. The Morgan fingerprint density at radius 3 is 2.67 bits per heavy atom. The Bertz CT molecular complexity index is 151. The fourth-order valence-corrected chi connectivity index (χ4v) is 0.450. The van der Waals surface area contributed by atoms with Crippen LogP contribution in [-0.4, -0.2) is 29.9 Å². The summed E-state index contributed by atoms with van der Waals surface area (Å²) in [6.45, 7) is -0.186. The van der Waals surface area contributed by atoms with Gasteiger partial charge in [-0.1, -0.05) is 0 Å². The Morgan fingerprint density at radius 1 is 1.78 bits per heavy atom. The molecule has 5 heteroatoms. The molecule has 0 aliphatic carbocycles. The van der Waals surface area contributed by atoms with Crippen LogP contribution in [0, 0.1) is 0 Å². The number of rotatable bonds is 1. The molecule has 1 atom stereocenters. The predicted octanol–water partition coefficient (Wildman–Crippen LogP) is -0.394. The molecule has 0 radical (unpaired) electrons. The van der Waals surface area contributed by atoms with E-state index in [1.54, 1.807) is 0 Å².